The van der Waals surface area contributed by atoms with Gasteiger partial charge in [0, 0.05) is 17.1 Å². The minimum absolute atomic E-state index is 0.906. The van der Waals surface area contributed by atoms with E-state index in [1.807, 2.05) is 18.3 Å². The van der Waals surface area contributed by atoms with Gasteiger partial charge in [-0.2, -0.15) is 5.10 Å². The molecule has 0 fully saturated rings. The lowest BCUT2D eigenvalue weighted by molar-refractivity contribution is 0.956. The smallest absolute Gasteiger partial charge is 0.0908 e. The van der Waals surface area contributed by atoms with E-state index >= 15 is 0 Å². The summed E-state index contributed by atoms with van der Waals surface area (Å²) in [4.78, 5) is 4.67. The Hall–Kier alpha value is -7.88. The highest BCUT2D eigenvalue weighted by atomic mass is 15.3. The van der Waals surface area contributed by atoms with Crippen LogP contribution in [0.1, 0.15) is 25.3 Å². The number of fused-ring (bicyclic) bond motifs is 5. The topological polar surface area (TPSA) is 37.3 Å². The van der Waals surface area contributed by atoms with Gasteiger partial charge < -0.3 is 0 Å². The predicted octanol–water partition coefficient (Wildman–Crippen LogP) is 16.0. The molecule has 1 aliphatic carbocycles. The van der Waals surface area contributed by atoms with Crippen LogP contribution in [0.15, 0.2) is 223 Å². The summed E-state index contributed by atoms with van der Waals surface area (Å²) in [5, 5.41) is 16.1. The summed E-state index contributed by atoms with van der Waals surface area (Å²) < 4.78 is 0. The van der Waals surface area contributed by atoms with E-state index in [1.54, 1.807) is 0 Å². The van der Waals surface area contributed by atoms with Gasteiger partial charge in [-0.3, -0.25) is 10.4 Å². The fourth-order valence-corrected chi connectivity index (χ4v) is 9.05. The van der Waals surface area contributed by atoms with Gasteiger partial charge in [0.15, 0.2) is 0 Å². The van der Waals surface area contributed by atoms with E-state index in [9.17, 15) is 0 Å². The molecule has 1 aliphatic rings. The molecule has 0 radical (unpaired) electrons. The van der Waals surface area contributed by atoms with E-state index in [0.717, 1.165) is 63.0 Å². The van der Waals surface area contributed by atoms with Crippen molar-refractivity contribution in [2.75, 3.05) is 5.43 Å². The molecule has 3 nitrogen and oxygen atoms in total. The zero-order valence-electron chi connectivity index (χ0n) is 34.5. The van der Waals surface area contributed by atoms with Crippen molar-refractivity contribution in [1.82, 2.24) is 4.98 Å². The predicted molar refractivity (Wildman–Crippen MR) is 266 cm³/mol. The number of rotatable bonds is 8. The van der Waals surface area contributed by atoms with Crippen LogP contribution in [-0.2, 0) is 0 Å². The van der Waals surface area contributed by atoms with Gasteiger partial charge in [0.25, 0.3) is 0 Å². The van der Waals surface area contributed by atoms with E-state index < -0.39 is 0 Å². The largest absolute Gasteiger partial charge is 0.278 e. The Morgan fingerprint density at radius 1 is 0.484 bits per heavy atom. The second kappa shape index (κ2) is 15.9. The second-order valence-corrected chi connectivity index (χ2v) is 16.2. The van der Waals surface area contributed by atoms with Gasteiger partial charge in [-0.1, -0.05) is 171 Å². The molecular formula is C59H43N3. The number of hydrogen-bond donors (Lipinski definition) is 1. The highest BCUT2D eigenvalue weighted by Gasteiger charge is 2.19. The molecule has 9 aromatic carbocycles. The minimum atomic E-state index is 0.906. The van der Waals surface area contributed by atoms with Gasteiger partial charge in [0.2, 0.25) is 0 Å². The fraction of sp³-hybridized carbons (Fsp3) is 0.0508. The number of para-hydroxylation sites is 1. The fourth-order valence-electron chi connectivity index (χ4n) is 9.05. The highest BCUT2D eigenvalue weighted by molar-refractivity contribution is 6.23. The standard InChI is InChI=1S/C59H43N3/c1-2-3-12-42-23-24-46(37-57(42)62-61-51-30-27-41(28-31-51)50-35-47-17-8-11-20-56(47)60-38-50)45-29-32-54-55(36-45)59(49-26-22-40-14-5-7-16-44(40)34-49)53-19-10-9-18-52(53)58(54)48-25-21-39-13-4-6-15-43(39)33-48/h4-38,61H,2-3H2,1H3/b42-12+,62-57-. The van der Waals surface area contributed by atoms with E-state index in [2.05, 4.69) is 211 Å². The Labute approximate surface area is 361 Å². The van der Waals surface area contributed by atoms with E-state index in [4.69, 9.17) is 5.10 Å². The molecule has 62 heavy (non-hydrogen) atoms. The Morgan fingerprint density at radius 2 is 1.05 bits per heavy atom. The number of aromatic nitrogens is 1. The molecule has 0 saturated carbocycles. The van der Waals surface area contributed by atoms with Crippen LogP contribution in [0, 0.1) is 0 Å². The number of allylic oxidation sites excluding steroid dienone is 6. The maximum Gasteiger partial charge on any atom is 0.0908 e. The number of unbranched alkanes of at least 4 members (excludes halogenated alkanes) is 1. The summed E-state index contributed by atoms with van der Waals surface area (Å²) in [5.74, 6) is 0. The molecule has 10 aromatic rings. The molecule has 1 aromatic heterocycles. The molecule has 1 N–H and O–H groups in total. The maximum absolute atomic E-state index is 5.04. The van der Waals surface area contributed by atoms with Crippen LogP contribution < -0.4 is 5.43 Å². The first-order valence-corrected chi connectivity index (χ1v) is 21.5. The lowest BCUT2D eigenvalue weighted by Crippen LogP contribution is -2.06. The van der Waals surface area contributed by atoms with Crippen molar-refractivity contribution >= 4 is 71.0 Å². The molecule has 0 saturated heterocycles. The van der Waals surface area contributed by atoms with Crippen LogP contribution in [-0.4, -0.2) is 10.7 Å². The lowest BCUT2D eigenvalue weighted by atomic mass is 9.83. The molecule has 0 unspecified atom stereocenters. The Balaban J connectivity index is 1.03. The number of hydrazone groups is 1. The van der Waals surface area contributed by atoms with Gasteiger partial charge >= 0.3 is 0 Å². The van der Waals surface area contributed by atoms with Crippen molar-refractivity contribution in [1.29, 1.82) is 0 Å². The zero-order valence-corrected chi connectivity index (χ0v) is 34.5. The molecule has 11 rings (SSSR count). The Kier molecular flexibility index (Phi) is 9.55. The van der Waals surface area contributed by atoms with E-state index in [-0.39, 0.29) is 0 Å². The molecule has 0 atom stereocenters. The van der Waals surface area contributed by atoms with E-state index in [1.165, 1.54) is 65.3 Å². The molecule has 1 heterocycles. The Morgan fingerprint density at radius 3 is 1.74 bits per heavy atom. The quantitative estimate of drug-likeness (QED) is 0.123. The number of hydrogen-bond acceptors (Lipinski definition) is 3. The van der Waals surface area contributed by atoms with Gasteiger partial charge in [-0.05, 0) is 143 Å². The van der Waals surface area contributed by atoms with Gasteiger partial charge in [0.05, 0.1) is 16.9 Å². The third kappa shape index (κ3) is 6.94. The summed E-state index contributed by atoms with van der Waals surface area (Å²) >= 11 is 0. The highest BCUT2D eigenvalue weighted by Crippen LogP contribution is 2.45. The van der Waals surface area contributed by atoms with Crippen molar-refractivity contribution in [2.24, 2.45) is 5.10 Å². The second-order valence-electron chi connectivity index (χ2n) is 16.2. The van der Waals surface area contributed by atoms with Crippen LogP contribution in [0.2, 0.25) is 0 Å². The van der Waals surface area contributed by atoms with Crippen LogP contribution in [0.5, 0.6) is 0 Å². The average molecular weight is 794 g/mol. The third-order valence-corrected chi connectivity index (χ3v) is 12.2. The van der Waals surface area contributed by atoms with Crippen LogP contribution in [0.25, 0.3) is 92.9 Å². The summed E-state index contributed by atoms with van der Waals surface area (Å²) in [7, 11) is 0. The van der Waals surface area contributed by atoms with Crippen LogP contribution in [0.3, 0.4) is 0 Å². The lowest BCUT2D eigenvalue weighted by Gasteiger charge is -2.20. The summed E-state index contributed by atoms with van der Waals surface area (Å²) in [5.41, 5.74) is 16.7. The molecule has 0 aliphatic heterocycles. The number of nitrogens with one attached hydrogen (secondary N) is 1. The van der Waals surface area contributed by atoms with Crippen molar-refractivity contribution in [2.45, 2.75) is 19.8 Å². The van der Waals surface area contributed by atoms with Gasteiger partial charge in [0.1, 0.15) is 0 Å². The molecule has 294 valence electrons. The maximum atomic E-state index is 5.04. The van der Waals surface area contributed by atoms with Crippen molar-refractivity contribution < 1.29 is 0 Å². The number of anilines is 1. The van der Waals surface area contributed by atoms with E-state index in [0.29, 0.717) is 0 Å². The number of benzene rings is 9. The molecule has 3 heteroatoms. The van der Waals surface area contributed by atoms with Crippen molar-refractivity contribution in [3.63, 3.8) is 0 Å². The molecule has 0 spiro atoms. The summed E-state index contributed by atoms with van der Waals surface area (Å²) in [6, 6.07) is 65.9. The third-order valence-electron chi connectivity index (χ3n) is 12.2. The minimum Gasteiger partial charge on any atom is -0.278 e. The van der Waals surface area contributed by atoms with Crippen molar-refractivity contribution in [3.8, 4) is 33.4 Å². The molecule has 0 amide bonds. The summed E-state index contributed by atoms with van der Waals surface area (Å²) in [6.45, 7) is 2.21. The van der Waals surface area contributed by atoms with Crippen LogP contribution in [0.4, 0.5) is 5.69 Å². The monoisotopic (exact) mass is 793 g/mol. The number of pyridine rings is 1. The molecule has 0 bridgehead atoms. The first kappa shape index (κ1) is 37.1. The average Bonchev–Trinajstić information content (AvgIpc) is 3.34. The number of nitrogens with zero attached hydrogens (tertiary/aromatic N) is 2. The summed E-state index contributed by atoms with van der Waals surface area (Å²) in [6.07, 6.45) is 13.0. The first-order valence-electron chi connectivity index (χ1n) is 21.5. The first-order chi connectivity index (χ1) is 30.7. The Bertz CT molecular complexity index is 3490. The normalized spacial score (nSPS) is 14.1. The van der Waals surface area contributed by atoms with Gasteiger partial charge in [-0.25, -0.2) is 0 Å². The van der Waals surface area contributed by atoms with Crippen LogP contribution >= 0.6 is 0 Å². The zero-order chi connectivity index (χ0) is 41.4. The van der Waals surface area contributed by atoms with Gasteiger partial charge in [-0.15, -0.1) is 0 Å². The SMILES string of the molecule is CCC/C=C1\C=CC(c2ccc3c(-c4ccc5ccccc5c4)c4ccccc4c(-c4ccc5ccccc5c4)c3c2)=C\C1=N\Nc1ccc(-c2cnc3ccccc3c2)cc1. The molecular weight excluding hydrogens is 751 g/mol. The van der Waals surface area contributed by atoms with Crippen molar-refractivity contribution in [3.05, 3.63) is 224 Å².